The molecule has 0 heterocycles. The second kappa shape index (κ2) is 8.37. The number of rotatable bonds is 5. The van der Waals surface area contributed by atoms with Crippen molar-refractivity contribution in [1.29, 1.82) is 0 Å². The van der Waals surface area contributed by atoms with Crippen LogP contribution in [0, 0.1) is 11.6 Å². The third-order valence-corrected chi connectivity index (χ3v) is 4.62. The van der Waals surface area contributed by atoms with Crippen molar-refractivity contribution < 1.29 is 13.5 Å². The Labute approximate surface area is 147 Å². The van der Waals surface area contributed by atoms with Crippen molar-refractivity contribution in [2.45, 2.75) is 37.8 Å². The molecule has 2 N–H and O–H groups in total. The van der Waals surface area contributed by atoms with Crippen LogP contribution in [0.25, 0.3) is 11.6 Å². The van der Waals surface area contributed by atoms with Crippen LogP contribution in [0.1, 0.15) is 36.8 Å². The topological polar surface area (TPSA) is 35.2 Å². The quantitative estimate of drug-likeness (QED) is 0.792. The fourth-order valence-electron chi connectivity index (χ4n) is 3.20. The first-order valence-electron chi connectivity index (χ1n) is 8.70. The van der Waals surface area contributed by atoms with E-state index in [0.29, 0.717) is 5.57 Å². The summed E-state index contributed by atoms with van der Waals surface area (Å²) in [5.41, 5.74) is 7.30. The Bertz CT molecular complexity index is 702. The molecule has 1 aliphatic carbocycles. The lowest BCUT2D eigenvalue weighted by Crippen LogP contribution is -2.30. The molecule has 4 heteroatoms. The monoisotopic (exact) mass is 343 g/mol. The van der Waals surface area contributed by atoms with Gasteiger partial charge in [0.25, 0.3) is 0 Å². The molecule has 0 bridgehead atoms. The summed E-state index contributed by atoms with van der Waals surface area (Å²) in [6.45, 7) is 0.173. The average molecular weight is 343 g/mol. The van der Waals surface area contributed by atoms with Crippen molar-refractivity contribution >= 4 is 11.6 Å². The Balaban J connectivity index is 1.83. The lowest BCUT2D eigenvalue weighted by atomic mass is 9.93. The van der Waals surface area contributed by atoms with E-state index in [-0.39, 0.29) is 24.3 Å². The van der Waals surface area contributed by atoms with E-state index in [2.05, 4.69) is 0 Å². The van der Waals surface area contributed by atoms with Gasteiger partial charge in [0.1, 0.15) is 11.6 Å². The van der Waals surface area contributed by atoms with E-state index < -0.39 is 11.6 Å². The maximum atomic E-state index is 14.3. The molecular weight excluding hydrogens is 320 g/mol. The molecule has 0 radical (unpaired) electrons. The van der Waals surface area contributed by atoms with Crippen LogP contribution in [-0.2, 0) is 4.74 Å². The summed E-state index contributed by atoms with van der Waals surface area (Å²) < 4.78 is 34.5. The number of hydrogen-bond donors (Lipinski definition) is 1. The minimum atomic E-state index is -0.573. The van der Waals surface area contributed by atoms with Gasteiger partial charge >= 0.3 is 0 Å². The molecule has 0 spiro atoms. The average Bonchev–Trinajstić information content (AvgIpc) is 2.61. The minimum absolute atomic E-state index is 0.0149. The zero-order valence-corrected chi connectivity index (χ0v) is 14.1. The maximum Gasteiger partial charge on any atom is 0.133 e. The standard InChI is InChI=1S/C21H23F2NO/c22-19-7-4-8-20(23)21(19)16(13-15-5-2-1-3-6-15)14-25-18-11-9-17(24)10-12-18/h1-8,13,17-18H,9-12,14,24H2. The predicted molar refractivity (Wildman–Crippen MR) is 96.9 cm³/mol. The van der Waals surface area contributed by atoms with Gasteiger partial charge in [0.2, 0.25) is 0 Å². The number of nitrogens with two attached hydrogens (primary N) is 1. The van der Waals surface area contributed by atoms with Crippen molar-refractivity contribution in [2.75, 3.05) is 6.61 Å². The van der Waals surface area contributed by atoms with Crippen LogP contribution in [0.3, 0.4) is 0 Å². The minimum Gasteiger partial charge on any atom is -0.374 e. The largest absolute Gasteiger partial charge is 0.374 e. The Kier molecular flexibility index (Phi) is 5.95. The van der Waals surface area contributed by atoms with E-state index in [1.165, 1.54) is 18.2 Å². The summed E-state index contributed by atoms with van der Waals surface area (Å²) in [5.74, 6) is -1.15. The molecule has 132 valence electrons. The third kappa shape index (κ3) is 4.74. The van der Waals surface area contributed by atoms with Gasteiger partial charge in [-0.3, -0.25) is 0 Å². The summed E-state index contributed by atoms with van der Waals surface area (Å²) in [5, 5.41) is 0. The maximum absolute atomic E-state index is 14.3. The highest BCUT2D eigenvalue weighted by molar-refractivity contribution is 5.82. The SMILES string of the molecule is NC1CCC(OCC(=Cc2ccccc2)c2c(F)cccc2F)CC1. The Morgan fingerprint density at radius 3 is 2.24 bits per heavy atom. The molecule has 1 saturated carbocycles. The Morgan fingerprint density at radius 1 is 0.960 bits per heavy atom. The van der Waals surface area contributed by atoms with E-state index in [9.17, 15) is 8.78 Å². The number of halogens is 2. The van der Waals surface area contributed by atoms with E-state index in [1.54, 1.807) is 6.08 Å². The summed E-state index contributed by atoms with van der Waals surface area (Å²) in [6.07, 6.45) is 5.51. The van der Waals surface area contributed by atoms with Crippen LogP contribution in [0.5, 0.6) is 0 Å². The number of benzene rings is 2. The summed E-state index contributed by atoms with van der Waals surface area (Å²) in [6, 6.07) is 13.7. The van der Waals surface area contributed by atoms with Crippen LogP contribution >= 0.6 is 0 Å². The molecule has 0 saturated heterocycles. The van der Waals surface area contributed by atoms with E-state index in [1.807, 2.05) is 30.3 Å². The highest BCUT2D eigenvalue weighted by Gasteiger charge is 2.21. The lowest BCUT2D eigenvalue weighted by Gasteiger charge is -2.26. The van der Waals surface area contributed by atoms with Crippen molar-refractivity contribution in [3.05, 3.63) is 71.3 Å². The normalized spacial score (nSPS) is 21.3. The molecule has 0 aliphatic heterocycles. The summed E-state index contributed by atoms with van der Waals surface area (Å²) in [7, 11) is 0. The lowest BCUT2D eigenvalue weighted by molar-refractivity contribution is 0.0460. The van der Waals surface area contributed by atoms with Crippen molar-refractivity contribution in [2.24, 2.45) is 5.73 Å². The summed E-state index contributed by atoms with van der Waals surface area (Å²) >= 11 is 0. The molecule has 1 fully saturated rings. The van der Waals surface area contributed by atoms with Gasteiger partial charge in [-0.2, -0.15) is 0 Å². The van der Waals surface area contributed by atoms with Gasteiger partial charge in [0.15, 0.2) is 0 Å². The van der Waals surface area contributed by atoms with Crippen LogP contribution < -0.4 is 5.73 Å². The molecule has 3 rings (SSSR count). The molecule has 1 aliphatic rings. The second-order valence-corrected chi connectivity index (χ2v) is 6.52. The zero-order valence-electron chi connectivity index (χ0n) is 14.1. The van der Waals surface area contributed by atoms with Crippen molar-refractivity contribution in [3.63, 3.8) is 0 Å². The Morgan fingerprint density at radius 2 is 1.60 bits per heavy atom. The van der Waals surface area contributed by atoms with Gasteiger partial charge in [0, 0.05) is 6.04 Å². The first-order chi connectivity index (χ1) is 12.1. The molecule has 2 nitrogen and oxygen atoms in total. The van der Waals surface area contributed by atoms with Crippen molar-refractivity contribution in [1.82, 2.24) is 0 Å². The molecule has 2 aromatic rings. The van der Waals surface area contributed by atoms with Crippen molar-refractivity contribution in [3.8, 4) is 0 Å². The second-order valence-electron chi connectivity index (χ2n) is 6.52. The molecule has 0 unspecified atom stereocenters. The van der Waals surface area contributed by atoms with E-state index in [4.69, 9.17) is 10.5 Å². The third-order valence-electron chi connectivity index (χ3n) is 4.62. The van der Waals surface area contributed by atoms with Gasteiger partial charge in [-0.15, -0.1) is 0 Å². The van der Waals surface area contributed by atoms with E-state index in [0.717, 1.165) is 31.2 Å². The van der Waals surface area contributed by atoms with Crippen LogP contribution in [0.2, 0.25) is 0 Å². The number of ether oxygens (including phenoxy) is 1. The van der Waals surface area contributed by atoms with Gasteiger partial charge < -0.3 is 10.5 Å². The van der Waals surface area contributed by atoms with Crippen LogP contribution in [0.15, 0.2) is 48.5 Å². The Hall–Kier alpha value is -2.04. The van der Waals surface area contributed by atoms with Gasteiger partial charge in [-0.1, -0.05) is 36.4 Å². The highest BCUT2D eigenvalue weighted by atomic mass is 19.1. The number of hydrogen-bond acceptors (Lipinski definition) is 2. The van der Waals surface area contributed by atoms with Crippen LogP contribution in [-0.4, -0.2) is 18.8 Å². The molecular formula is C21H23F2NO. The molecule has 25 heavy (non-hydrogen) atoms. The predicted octanol–water partition coefficient (Wildman–Crippen LogP) is 4.79. The van der Waals surface area contributed by atoms with Gasteiger partial charge in [-0.25, -0.2) is 8.78 Å². The first kappa shape index (κ1) is 17.8. The van der Waals surface area contributed by atoms with E-state index >= 15 is 0 Å². The first-order valence-corrected chi connectivity index (χ1v) is 8.70. The zero-order chi connectivity index (χ0) is 17.6. The smallest absolute Gasteiger partial charge is 0.133 e. The van der Waals surface area contributed by atoms with Crippen LogP contribution in [0.4, 0.5) is 8.78 Å². The molecule has 0 aromatic heterocycles. The van der Waals surface area contributed by atoms with Gasteiger partial charge in [-0.05, 0) is 55.0 Å². The highest BCUT2D eigenvalue weighted by Crippen LogP contribution is 2.27. The molecule has 2 aromatic carbocycles. The fraction of sp³-hybridized carbons (Fsp3) is 0.333. The molecule has 0 amide bonds. The fourth-order valence-corrected chi connectivity index (χ4v) is 3.20. The summed E-state index contributed by atoms with van der Waals surface area (Å²) in [4.78, 5) is 0. The molecule has 0 atom stereocenters. The van der Waals surface area contributed by atoms with Gasteiger partial charge in [0.05, 0.1) is 18.3 Å².